The molecule has 2 N–H and O–H groups in total. The van der Waals surface area contributed by atoms with Gasteiger partial charge in [0, 0.05) is 37.0 Å². The first-order valence-electron chi connectivity index (χ1n) is 9.99. The van der Waals surface area contributed by atoms with Crippen LogP contribution >= 0.6 is 0 Å². The molecular formula is C23H23N5O3. The Labute approximate surface area is 179 Å². The molecule has 158 valence electrons. The average molecular weight is 417 g/mol. The molecule has 31 heavy (non-hydrogen) atoms. The van der Waals surface area contributed by atoms with E-state index in [0.717, 1.165) is 17.7 Å². The van der Waals surface area contributed by atoms with Crippen molar-refractivity contribution in [1.29, 1.82) is 0 Å². The van der Waals surface area contributed by atoms with Crippen molar-refractivity contribution in [3.63, 3.8) is 0 Å². The van der Waals surface area contributed by atoms with E-state index in [2.05, 4.69) is 16.7 Å². The Morgan fingerprint density at radius 1 is 1.26 bits per heavy atom. The van der Waals surface area contributed by atoms with Crippen molar-refractivity contribution in [2.24, 2.45) is 5.73 Å². The minimum atomic E-state index is -0.624. The van der Waals surface area contributed by atoms with Crippen molar-refractivity contribution in [2.45, 2.75) is 18.9 Å². The lowest BCUT2D eigenvalue weighted by atomic mass is 10.0. The van der Waals surface area contributed by atoms with E-state index in [-0.39, 0.29) is 17.4 Å². The average Bonchev–Trinajstić information content (AvgIpc) is 3.44. The van der Waals surface area contributed by atoms with Gasteiger partial charge in [0.05, 0.1) is 18.9 Å². The summed E-state index contributed by atoms with van der Waals surface area (Å²) in [5.74, 6) is 0.142. The summed E-state index contributed by atoms with van der Waals surface area (Å²) < 4.78 is 7.72. The summed E-state index contributed by atoms with van der Waals surface area (Å²) in [5, 5.41) is 4.33. The topological polar surface area (TPSA) is 103 Å². The fourth-order valence-electron chi connectivity index (χ4n) is 3.66. The molecule has 2 aromatic heterocycles. The Bertz CT molecular complexity index is 1110. The maximum atomic E-state index is 11.9. The third-order valence-corrected chi connectivity index (χ3v) is 5.27. The second kappa shape index (κ2) is 8.83. The van der Waals surface area contributed by atoms with Gasteiger partial charge >= 0.3 is 0 Å². The number of benzene rings is 1. The number of rotatable bonds is 7. The van der Waals surface area contributed by atoms with Gasteiger partial charge in [0.1, 0.15) is 11.3 Å². The molecule has 3 aromatic rings. The van der Waals surface area contributed by atoms with Crippen molar-refractivity contribution in [3.05, 3.63) is 84.5 Å². The summed E-state index contributed by atoms with van der Waals surface area (Å²) >= 11 is 0. The fraction of sp³-hybridized carbons (Fsp3) is 0.217. The highest BCUT2D eigenvalue weighted by Crippen LogP contribution is 2.31. The van der Waals surface area contributed by atoms with Crippen LogP contribution in [0.15, 0.2) is 67.6 Å². The zero-order chi connectivity index (χ0) is 21.8. The van der Waals surface area contributed by atoms with Gasteiger partial charge in [-0.15, -0.1) is 0 Å². The molecule has 3 heterocycles. The van der Waals surface area contributed by atoms with Crippen LogP contribution in [0.5, 0.6) is 11.5 Å². The molecular weight excluding hydrogens is 394 g/mol. The van der Waals surface area contributed by atoms with Crippen molar-refractivity contribution >= 4 is 11.8 Å². The van der Waals surface area contributed by atoms with Gasteiger partial charge in [-0.05, 0) is 18.1 Å². The molecule has 8 nitrogen and oxygen atoms in total. The minimum absolute atomic E-state index is 0.0500. The Morgan fingerprint density at radius 2 is 2.06 bits per heavy atom. The monoisotopic (exact) mass is 417 g/mol. The molecule has 4 rings (SSSR count). The number of pyridine rings is 1. The van der Waals surface area contributed by atoms with Gasteiger partial charge in [-0.1, -0.05) is 36.9 Å². The van der Waals surface area contributed by atoms with E-state index < -0.39 is 5.91 Å². The Balaban J connectivity index is 1.53. The zero-order valence-corrected chi connectivity index (χ0v) is 17.0. The quantitative estimate of drug-likeness (QED) is 0.596. The molecule has 1 aromatic carbocycles. The fourth-order valence-corrected chi connectivity index (χ4v) is 3.66. The molecule has 1 saturated heterocycles. The van der Waals surface area contributed by atoms with Gasteiger partial charge in [-0.3, -0.25) is 19.3 Å². The van der Waals surface area contributed by atoms with Gasteiger partial charge in [-0.2, -0.15) is 5.10 Å². The van der Waals surface area contributed by atoms with E-state index in [1.54, 1.807) is 28.0 Å². The third kappa shape index (κ3) is 4.63. The van der Waals surface area contributed by atoms with Crippen LogP contribution in [0, 0.1) is 0 Å². The summed E-state index contributed by atoms with van der Waals surface area (Å²) in [6, 6.07) is 11.7. The Kier molecular flexibility index (Phi) is 5.79. The van der Waals surface area contributed by atoms with Crippen LogP contribution in [0.4, 0.5) is 0 Å². The molecule has 8 heteroatoms. The van der Waals surface area contributed by atoms with Crippen LogP contribution in [0.2, 0.25) is 0 Å². The second-order valence-electron chi connectivity index (χ2n) is 7.40. The third-order valence-electron chi connectivity index (χ3n) is 5.27. The number of primary amides is 1. The van der Waals surface area contributed by atoms with E-state index in [1.165, 1.54) is 12.3 Å². The maximum absolute atomic E-state index is 11.9. The number of carbonyl (C=O) groups is 2. The van der Waals surface area contributed by atoms with Crippen LogP contribution < -0.4 is 10.5 Å². The smallest absolute Gasteiger partial charge is 0.254 e. The molecule has 1 unspecified atom stereocenters. The highest BCUT2D eigenvalue weighted by molar-refractivity contribution is 5.95. The number of amides is 2. The summed E-state index contributed by atoms with van der Waals surface area (Å²) in [6.45, 7) is 5.32. The Hall–Kier alpha value is -3.94. The number of hydrogen-bond donors (Lipinski definition) is 1. The largest absolute Gasteiger partial charge is 0.453 e. The number of carbonyl (C=O) groups excluding carboxylic acids is 2. The first-order valence-corrected chi connectivity index (χ1v) is 9.99. The van der Waals surface area contributed by atoms with Crippen molar-refractivity contribution in [1.82, 2.24) is 19.7 Å². The van der Waals surface area contributed by atoms with Crippen molar-refractivity contribution in [2.75, 3.05) is 13.1 Å². The lowest BCUT2D eigenvalue weighted by molar-refractivity contribution is -0.125. The van der Waals surface area contributed by atoms with Crippen LogP contribution in [0.1, 0.15) is 34.0 Å². The van der Waals surface area contributed by atoms with Crippen LogP contribution in [0.25, 0.3) is 0 Å². The second-order valence-corrected chi connectivity index (χ2v) is 7.40. The minimum Gasteiger partial charge on any atom is -0.453 e. The molecule has 1 fully saturated rings. The van der Waals surface area contributed by atoms with Crippen molar-refractivity contribution in [3.8, 4) is 11.5 Å². The number of ether oxygens (including phenoxy) is 1. The number of nitrogens with zero attached hydrogens (tertiary/aromatic N) is 4. The normalized spacial score (nSPS) is 15.6. The molecule has 0 bridgehead atoms. The summed E-state index contributed by atoms with van der Waals surface area (Å²) in [5.41, 5.74) is 7.56. The van der Waals surface area contributed by atoms with Gasteiger partial charge in [0.25, 0.3) is 5.91 Å². The molecule has 0 aliphatic carbocycles. The lowest BCUT2D eigenvalue weighted by Crippen LogP contribution is -2.26. The highest BCUT2D eigenvalue weighted by Gasteiger charge is 2.28. The number of likely N-dealkylation sites (tertiary alicyclic amines) is 1. The number of hydrogen-bond acceptors (Lipinski definition) is 5. The van der Waals surface area contributed by atoms with E-state index >= 15 is 0 Å². The van der Waals surface area contributed by atoms with E-state index in [0.29, 0.717) is 31.1 Å². The molecule has 1 atom stereocenters. The molecule has 1 aliphatic heterocycles. The highest BCUT2D eigenvalue weighted by atomic mass is 16.5. The van der Waals surface area contributed by atoms with Crippen LogP contribution in [0.3, 0.4) is 0 Å². The number of aromatic nitrogens is 3. The first-order chi connectivity index (χ1) is 15.0. The van der Waals surface area contributed by atoms with Crippen molar-refractivity contribution < 1.29 is 14.3 Å². The van der Waals surface area contributed by atoms with E-state index in [1.807, 2.05) is 30.3 Å². The number of nitrogens with two attached hydrogens (primary N) is 1. The van der Waals surface area contributed by atoms with E-state index in [9.17, 15) is 9.59 Å². The predicted molar refractivity (Wildman–Crippen MR) is 115 cm³/mol. The molecule has 1 aliphatic rings. The zero-order valence-electron chi connectivity index (χ0n) is 17.0. The Morgan fingerprint density at radius 3 is 2.81 bits per heavy atom. The SMILES string of the molecule is C=CC(=O)N1CCC(c2cc(Oc3cnn(Cc4ccccc4)c3)c(C(N)=O)cn2)C1. The van der Waals surface area contributed by atoms with Crippen LogP contribution in [-0.2, 0) is 11.3 Å². The maximum Gasteiger partial charge on any atom is 0.254 e. The summed E-state index contributed by atoms with van der Waals surface area (Å²) in [7, 11) is 0. The van der Waals surface area contributed by atoms with Gasteiger partial charge < -0.3 is 15.4 Å². The lowest BCUT2D eigenvalue weighted by Gasteiger charge is -2.15. The molecule has 2 amide bonds. The predicted octanol–water partition coefficient (Wildman–Crippen LogP) is 2.72. The van der Waals surface area contributed by atoms with Gasteiger partial charge in [0.2, 0.25) is 5.91 Å². The summed E-state index contributed by atoms with van der Waals surface area (Å²) in [4.78, 5) is 29.9. The first kappa shape index (κ1) is 20.3. The summed E-state index contributed by atoms with van der Waals surface area (Å²) in [6.07, 6.45) is 6.87. The van der Waals surface area contributed by atoms with Gasteiger partial charge in [-0.25, -0.2) is 0 Å². The van der Waals surface area contributed by atoms with Crippen LogP contribution in [-0.4, -0.2) is 44.6 Å². The standard InChI is InChI=1S/C23H23N5O3/c1-2-22(29)27-9-8-17(14-27)20-10-21(19(12-25-20)23(24)30)31-18-11-26-28(15-18)13-16-6-4-3-5-7-16/h2-7,10-12,15,17H,1,8-9,13-14H2,(H2,24,30). The molecule has 0 saturated carbocycles. The molecule has 0 spiro atoms. The van der Waals surface area contributed by atoms with E-state index in [4.69, 9.17) is 10.5 Å². The molecule has 0 radical (unpaired) electrons. The van der Waals surface area contributed by atoms with Gasteiger partial charge in [0.15, 0.2) is 5.75 Å².